The van der Waals surface area contributed by atoms with Gasteiger partial charge >= 0.3 is 0 Å². The van der Waals surface area contributed by atoms with Crippen LogP contribution in [-0.2, 0) is 15.6 Å². The first kappa shape index (κ1) is 26.9. The molecule has 3 nitrogen and oxygen atoms in total. The van der Waals surface area contributed by atoms with E-state index in [1.165, 1.54) is 10.4 Å². The van der Waals surface area contributed by atoms with Gasteiger partial charge in [0.2, 0.25) is 0 Å². The SMILES string of the molecule is COc1ccc(CCC(=O)C(C)(C)CCO[Si](c2ccccc2)(c2ccccc2)C(C)(C)C)cc1. The minimum absolute atomic E-state index is 0.0712. The van der Waals surface area contributed by atoms with Crippen molar-refractivity contribution in [2.75, 3.05) is 13.7 Å². The summed E-state index contributed by atoms with van der Waals surface area (Å²) in [5.41, 5.74) is 0.705. The lowest BCUT2D eigenvalue weighted by molar-refractivity contribution is -0.127. The van der Waals surface area contributed by atoms with Crippen molar-refractivity contribution in [1.82, 2.24) is 0 Å². The van der Waals surface area contributed by atoms with E-state index in [2.05, 4.69) is 95.3 Å². The molecule has 3 aromatic carbocycles. The first-order valence-corrected chi connectivity index (χ1v) is 14.4. The molecule has 0 saturated carbocycles. The average molecular weight is 489 g/mol. The Morgan fingerprint density at radius 1 is 0.771 bits per heavy atom. The summed E-state index contributed by atoms with van der Waals surface area (Å²) in [5.74, 6) is 1.11. The molecule has 0 spiro atoms. The lowest BCUT2D eigenvalue weighted by Crippen LogP contribution is -2.66. The molecule has 4 heteroatoms. The lowest BCUT2D eigenvalue weighted by atomic mass is 9.82. The molecule has 0 saturated heterocycles. The van der Waals surface area contributed by atoms with E-state index in [9.17, 15) is 4.79 Å². The fourth-order valence-electron chi connectivity index (χ4n) is 4.75. The molecular formula is C31H40O3Si. The van der Waals surface area contributed by atoms with Crippen molar-refractivity contribution >= 4 is 24.5 Å². The average Bonchev–Trinajstić information content (AvgIpc) is 2.85. The van der Waals surface area contributed by atoms with Crippen LogP contribution in [0.4, 0.5) is 0 Å². The van der Waals surface area contributed by atoms with Gasteiger partial charge in [0.15, 0.2) is 0 Å². The van der Waals surface area contributed by atoms with Crippen LogP contribution in [0.5, 0.6) is 5.75 Å². The molecule has 0 aliphatic carbocycles. The molecule has 0 aliphatic rings. The number of carbonyl (C=O) groups excluding carboxylic acids is 1. The molecule has 186 valence electrons. The van der Waals surface area contributed by atoms with E-state index in [0.29, 0.717) is 19.4 Å². The third-order valence-electron chi connectivity index (χ3n) is 7.02. The second-order valence-corrected chi connectivity index (χ2v) is 15.2. The van der Waals surface area contributed by atoms with Crippen LogP contribution in [0.3, 0.4) is 0 Å². The summed E-state index contributed by atoms with van der Waals surface area (Å²) < 4.78 is 12.2. The Kier molecular flexibility index (Phi) is 8.73. The summed E-state index contributed by atoms with van der Waals surface area (Å²) in [5, 5.41) is 2.46. The molecule has 3 aromatic rings. The highest BCUT2D eigenvalue weighted by Gasteiger charge is 2.50. The van der Waals surface area contributed by atoms with Gasteiger partial charge in [0, 0.05) is 18.4 Å². The predicted molar refractivity (Wildman–Crippen MR) is 148 cm³/mol. The van der Waals surface area contributed by atoms with Crippen LogP contribution in [0.1, 0.15) is 53.0 Å². The van der Waals surface area contributed by atoms with Gasteiger partial charge in [-0.1, -0.05) is 107 Å². The van der Waals surface area contributed by atoms with Gasteiger partial charge in [0.25, 0.3) is 8.32 Å². The second kappa shape index (κ2) is 11.4. The van der Waals surface area contributed by atoms with Crippen molar-refractivity contribution in [2.45, 2.75) is 58.9 Å². The molecule has 0 aromatic heterocycles. The van der Waals surface area contributed by atoms with Crippen LogP contribution < -0.4 is 15.1 Å². The summed E-state index contributed by atoms with van der Waals surface area (Å²) in [6.45, 7) is 11.5. The largest absolute Gasteiger partial charge is 0.497 e. The zero-order chi connectivity index (χ0) is 25.5. The van der Waals surface area contributed by atoms with Crippen molar-refractivity contribution < 1.29 is 14.0 Å². The minimum Gasteiger partial charge on any atom is -0.497 e. The number of hydrogen-bond acceptors (Lipinski definition) is 3. The Hall–Kier alpha value is -2.69. The Labute approximate surface area is 212 Å². The van der Waals surface area contributed by atoms with Gasteiger partial charge in [-0.05, 0) is 45.9 Å². The first-order valence-electron chi connectivity index (χ1n) is 12.5. The fraction of sp³-hybridized carbons (Fsp3) is 0.387. The summed E-state index contributed by atoms with van der Waals surface area (Å²) in [7, 11) is -0.925. The molecule has 0 N–H and O–H groups in total. The molecule has 0 bridgehead atoms. The van der Waals surface area contributed by atoms with Gasteiger partial charge in [-0.25, -0.2) is 0 Å². The van der Waals surface area contributed by atoms with Gasteiger partial charge in [-0.15, -0.1) is 0 Å². The van der Waals surface area contributed by atoms with E-state index in [1.54, 1.807) is 7.11 Å². The number of Topliss-reactive ketones (excluding diaryl/α,β-unsaturated/α-hetero) is 1. The number of hydrogen-bond donors (Lipinski definition) is 0. The van der Waals surface area contributed by atoms with Crippen LogP contribution in [-0.4, -0.2) is 27.8 Å². The Bertz CT molecular complexity index is 1030. The van der Waals surface area contributed by atoms with Gasteiger partial charge in [0.05, 0.1) is 7.11 Å². The molecule has 0 fully saturated rings. The number of ketones is 1. The van der Waals surface area contributed by atoms with E-state index in [1.807, 2.05) is 24.3 Å². The highest BCUT2D eigenvalue weighted by Crippen LogP contribution is 2.37. The molecule has 3 rings (SSSR count). The third-order valence-corrected chi connectivity index (χ3v) is 12.1. The maximum Gasteiger partial charge on any atom is 0.261 e. The van der Waals surface area contributed by atoms with Gasteiger partial charge in [0.1, 0.15) is 11.5 Å². The predicted octanol–water partition coefficient (Wildman–Crippen LogP) is 6.19. The van der Waals surface area contributed by atoms with Crippen LogP contribution >= 0.6 is 0 Å². The van der Waals surface area contributed by atoms with Crippen LogP contribution in [0.15, 0.2) is 84.9 Å². The summed E-state index contributed by atoms with van der Waals surface area (Å²) in [6, 6.07) is 29.3. The van der Waals surface area contributed by atoms with Crippen molar-refractivity contribution in [2.24, 2.45) is 5.41 Å². The highest BCUT2D eigenvalue weighted by molar-refractivity contribution is 6.99. The Morgan fingerprint density at radius 2 is 1.29 bits per heavy atom. The normalized spacial score (nSPS) is 12.4. The van der Waals surface area contributed by atoms with E-state index >= 15 is 0 Å². The van der Waals surface area contributed by atoms with Crippen molar-refractivity contribution in [3.05, 3.63) is 90.5 Å². The molecule has 0 aliphatic heterocycles. The summed E-state index contributed by atoms with van der Waals surface area (Å²) in [4.78, 5) is 13.2. The van der Waals surface area contributed by atoms with Crippen LogP contribution in [0, 0.1) is 5.41 Å². The molecular weight excluding hydrogens is 448 g/mol. The maximum absolute atomic E-state index is 13.2. The number of methoxy groups -OCH3 is 1. The number of aryl methyl sites for hydroxylation is 1. The highest BCUT2D eigenvalue weighted by atomic mass is 28.4. The van der Waals surface area contributed by atoms with Crippen LogP contribution in [0.25, 0.3) is 0 Å². The lowest BCUT2D eigenvalue weighted by Gasteiger charge is -2.43. The van der Waals surface area contributed by atoms with Crippen molar-refractivity contribution in [3.63, 3.8) is 0 Å². The minimum atomic E-state index is -2.59. The van der Waals surface area contributed by atoms with Gasteiger partial charge < -0.3 is 9.16 Å². The number of rotatable bonds is 11. The molecule has 0 radical (unpaired) electrons. The molecule has 35 heavy (non-hydrogen) atoms. The van der Waals surface area contributed by atoms with Gasteiger partial charge in [-0.2, -0.15) is 0 Å². The zero-order valence-corrected chi connectivity index (χ0v) is 23.1. The maximum atomic E-state index is 13.2. The van der Waals surface area contributed by atoms with Crippen LogP contribution in [0.2, 0.25) is 5.04 Å². The topological polar surface area (TPSA) is 35.5 Å². The second-order valence-electron chi connectivity index (χ2n) is 10.9. The monoisotopic (exact) mass is 488 g/mol. The molecule has 0 amide bonds. The molecule has 0 unspecified atom stereocenters. The van der Waals surface area contributed by atoms with E-state index in [0.717, 1.165) is 17.7 Å². The zero-order valence-electron chi connectivity index (χ0n) is 22.1. The fourth-order valence-corrected chi connectivity index (χ4v) is 9.31. The van der Waals surface area contributed by atoms with Crippen molar-refractivity contribution in [1.29, 1.82) is 0 Å². The van der Waals surface area contributed by atoms with Crippen molar-refractivity contribution in [3.8, 4) is 5.75 Å². The third kappa shape index (κ3) is 6.30. The van der Waals surface area contributed by atoms with E-state index in [-0.39, 0.29) is 10.8 Å². The first-order chi connectivity index (χ1) is 16.6. The number of carbonyl (C=O) groups is 1. The quantitative estimate of drug-likeness (QED) is 0.302. The van der Waals surface area contributed by atoms with E-state index in [4.69, 9.17) is 9.16 Å². The standard InChI is InChI=1S/C31H40O3Si/c1-30(2,3)35(27-13-9-7-10-14-27,28-15-11-8-12-16-28)34-24-23-31(4,5)29(32)22-19-25-17-20-26(33-6)21-18-25/h7-18,20-21H,19,22-24H2,1-6H3. The van der Waals surface area contributed by atoms with E-state index < -0.39 is 13.7 Å². The Balaban J connectivity index is 1.75. The smallest absolute Gasteiger partial charge is 0.261 e. The Morgan fingerprint density at radius 3 is 1.74 bits per heavy atom. The number of ether oxygens (including phenoxy) is 1. The van der Waals surface area contributed by atoms with Gasteiger partial charge in [-0.3, -0.25) is 4.79 Å². The molecule has 0 heterocycles. The molecule has 0 atom stereocenters. The summed E-state index contributed by atoms with van der Waals surface area (Å²) in [6.07, 6.45) is 1.96. The number of benzene rings is 3. The summed E-state index contributed by atoms with van der Waals surface area (Å²) >= 11 is 0.